The van der Waals surface area contributed by atoms with E-state index in [1.54, 1.807) is 23.1 Å². The molecule has 2 saturated heterocycles. The second kappa shape index (κ2) is 5.89. The Morgan fingerprint density at radius 2 is 2.27 bits per heavy atom. The van der Waals surface area contributed by atoms with E-state index < -0.39 is 0 Å². The van der Waals surface area contributed by atoms with Gasteiger partial charge in [-0.3, -0.25) is 9.59 Å². The zero-order chi connectivity index (χ0) is 15.9. The van der Waals surface area contributed by atoms with Crippen molar-refractivity contribution < 1.29 is 9.59 Å². The summed E-state index contributed by atoms with van der Waals surface area (Å²) in [7, 11) is 0. The largest absolute Gasteiger partial charge is 0.346 e. The Morgan fingerprint density at radius 1 is 1.50 bits per heavy atom. The van der Waals surface area contributed by atoms with Crippen molar-refractivity contribution in [2.45, 2.75) is 50.6 Å². The maximum atomic E-state index is 12.8. The van der Waals surface area contributed by atoms with E-state index in [-0.39, 0.29) is 28.8 Å². The Hall–Kier alpha value is -1.01. The Labute approximate surface area is 139 Å². The number of nitrogens with one attached hydrogen (secondary N) is 1. The standard InChI is InChI=1S/C16H22N2O2S2/c1-10(2)14(12-5-4-8-21-12)17-15(20)11-9-22-16(3)7-6-13(19)18(11)16/h4-5,8,10-11,14H,6-7,9H2,1-3H3,(H,17,20). The number of rotatable bonds is 4. The molecule has 2 amide bonds. The number of fused-ring (bicyclic) bond motifs is 1. The summed E-state index contributed by atoms with van der Waals surface area (Å²) in [5.41, 5.74) is 0. The minimum Gasteiger partial charge on any atom is -0.346 e. The Bertz CT molecular complexity index is 573. The van der Waals surface area contributed by atoms with E-state index in [1.807, 2.05) is 16.3 Å². The molecular formula is C16H22N2O2S2. The smallest absolute Gasteiger partial charge is 0.244 e. The quantitative estimate of drug-likeness (QED) is 0.918. The van der Waals surface area contributed by atoms with Crippen LogP contribution < -0.4 is 5.32 Å². The predicted molar refractivity (Wildman–Crippen MR) is 90.8 cm³/mol. The van der Waals surface area contributed by atoms with Gasteiger partial charge in [0.1, 0.15) is 6.04 Å². The van der Waals surface area contributed by atoms with Gasteiger partial charge in [-0.05, 0) is 30.7 Å². The monoisotopic (exact) mass is 338 g/mol. The van der Waals surface area contributed by atoms with Crippen molar-refractivity contribution in [1.82, 2.24) is 10.2 Å². The molecular weight excluding hydrogens is 316 g/mol. The molecule has 3 atom stereocenters. The first-order valence-electron chi connectivity index (χ1n) is 7.72. The summed E-state index contributed by atoms with van der Waals surface area (Å²) in [5, 5.41) is 5.21. The fourth-order valence-corrected chi connectivity index (χ4v) is 5.68. The summed E-state index contributed by atoms with van der Waals surface area (Å²) in [5.74, 6) is 1.12. The molecule has 1 aromatic heterocycles. The molecule has 0 bridgehead atoms. The minimum absolute atomic E-state index is 0.0152. The van der Waals surface area contributed by atoms with Crippen LogP contribution in [0.1, 0.15) is 44.5 Å². The van der Waals surface area contributed by atoms with Crippen LogP contribution in [0.25, 0.3) is 0 Å². The molecule has 0 spiro atoms. The van der Waals surface area contributed by atoms with Crippen LogP contribution in [0.3, 0.4) is 0 Å². The molecule has 3 heterocycles. The Morgan fingerprint density at radius 3 is 2.91 bits per heavy atom. The number of carbonyl (C=O) groups is 2. The van der Waals surface area contributed by atoms with Gasteiger partial charge in [-0.25, -0.2) is 0 Å². The highest BCUT2D eigenvalue weighted by molar-refractivity contribution is 8.01. The van der Waals surface area contributed by atoms with Gasteiger partial charge < -0.3 is 10.2 Å². The van der Waals surface area contributed by atoms with E-state index in [0.717, 1.165) is 6.42 Å². The summed E-state index contributed by atoms with van der Waals surface area (Å²) in [4.78, 5) is 27.7. The van der Waals surface area contributed by atoms with Crippen LogP contribution >= 0.6 is 23.1 Å². The first-order chi connectivity index (χ1) is 10.4. The predicted octanol–water partition coefficient (Wildman–Crippen LogP) is 3.02. The highest BCUT2D eigenvalue weighted by Gasteiger charge is 2.53. The average molecular weight is 338 g/mol. The molecule has 2 aliphatic heterocycles. The van der Waals surface area contributed by atoms with Crippen molar-refractivity contribution in [2.24, 2.45) is 5.92 Å². The third-order valence-electron chi connectivity index (χ3n) is 4.56. The molecule has 0 radical (unpaired) electrons. The average Bonchev–Trinajstić information content (AvgIpc) is 3.14. The molecule has 0 saturated carbocycles. The lowest BCUT2D eigenvalue weighted by atomic mass is 10.0. The summed E-state index contributed by atoms with van der Waals surface area (Å²) >= 11 is 3.40. The second-order valence-corrected chi connectivity index (χ2v) is 8.99. The topological polar surface area (TPSA) is 49.4 Å². The van der Waals surface area contributed by atoms with Gasteiger partial charge in [-0.2, -0.15) is 0 Å². The van der Waals surface area contributed by atoms with E-state index in [4.69, 9.17) is 0 Å². The molecule has 3 unspecified atom stereocenters. The minimum atomic E-state index is -0.328. The summed E-state index contributed by atoms with van der Waals surface area (Å²) < 4.78 is 0. The summed E-state index contributed by atoms with van der Waals surface area (Å²) in [6, 6.07) is 3.76. The van der Waals surface area contributed by atoms with Crippen LogP contribution in [-0.4, -0.2) is 33.4 Å². The summed E-state index contributed by atoms with van der Waals surface area (Å²) in [6.07, 6.45) is 1.41. The molecule has 2 aliphatic rings. The molecule has 1 aromatic rings. The van der Waals surface area contributed by atoms with Gasteiger partial charge in [0, 0.05) is 17.1 Å². The van der Waals surface area contributed by atoms with E-state index >= 15 is 0 Å². The third kappa shape index (κ3) is 2.67. The lowest BCUT2D eigenvalue weighted by Crippen LogP contribution is -2.51. The SMILES string of the molecule is CC(C)C(NC(=O)C1CSC2(C)CCC(=O)N12)c1cccs1. The lowest BCUT2D eigenvalue weighted by Gasteiger charge is -2.31. The molecule has 0 aliphatic carbocycles. The zero-order valence-electron chi connectivity index (χ0n) is 13.2. The van der Waals surface area contributed by atoms with Crippen molar-refractivity contribution in [3.05, 3.63) is 22.4 Å². The van der Waals surface area contributed by atoms with E-state index in [9.17, 15) is 9.59 Å². The van der Waals surface area contributed by atoms with Crippen molar-refractivity contribution in [3.8, 4) is 0 Å². The molecule has 3 rings (SSSR count). The molecule has 120 valence electrons. The Kier molecular flexibility index (Phi) is 4.25. The first-order valence-corrected chi connectivity index (χ1v) is 9.59. The van der Waals surface area contributed by atoms with Crippen LogP contribution in [-0.2, 0) is 9.59 Å². The maximum absolute atomic E-state index is 12.8. The molecule has 6 heteroatoms. The number of hydrogen-bond acceptors (Lipinski definition) is 4. The first kappa shape index (κ1) is 15.9. The van der Waals surface area contributed by atoms with Gasteiger partial charge in [0.2, 0.25) is 11.8 Å². The number of carbonyl (C=O) groups excluding carboxylic acids is 2. The molecule has 1 N–H and O–H groups in total. The van der Waals surface area contributed by atoms with Crippen molar-refractivity contribution in [2.75, 3.05) is 5.75 Å². The third-order valence-corrected chi connectivity index (χ3v) is 7.02. The van der Waals surface area contributed by atoms with E-state index in [2.05, 4.69) is 32.2 Å². The highest BCUT2D eigenvalue weighted by atomic mass is 32.2. The van der Waals surface area contributed by atoms with Crippen LogP contribution in [0, 0.1) is 5.92 Å². The lowest BCUT2D eigenvalue weighted by molar-refractivity contribution is -0.138. The van der Waals surface area contributed by atoms with Gasteiger partial charge >= 0.3 is 0 Å². The maximum Gasteiger partial charge on any atom is 0.244 e. The number of nitrogens with zero attached hydrogens (tertiary/aromatic N) is 1. The van der Waals surface area contributed by atoms with Crippen LogP contribution in [0.2, 0.25) is 0 Å². The van der Waals surface area contributed by atoms with Gasteiger partial charge in [0.15, 0.2) is 0 Å². The Balaban J connectivity index is 1.75. The van der Waals surface area contributed by atoms with Crippen molar-refractivity contribution >= 4 is 34.9 Å². The number of amides is 2. The van der Waals surface area contributed by atoms with Crippen LogP contribution in [0.15, 0.2) is 17.5 Å². The number of hydrogen-bond donors (Lipinski definition) is 1. The molecule has 22 heavy (non-hydrogen) atoms. The van der Waals surface area contributed by atoms with Crippen LogP contribution in [0.5, 0.6) is 0 Å². The van der Waals surface area contributed by atoms with Gasteiger partial charge in [0.25, 0.3) is 0 Å². The van der Waals surface area contributed by atoms with Crippen LogP contribution in [0.4, 0.5) is 0 Å². The second-order valence-electron chi connectivity index (χ2n) is 6.51. The van der Waals surface area contributed by atoms with Gasteiger partial charge in [-0.1, -0.05) is 19.9 Å². The molecule has 2 fully saturated rings. The zero-order valence-corrected chi connectivity index (χ0v) is 14.8. The number of thiophene rings is 1. The fourth-order valence-electron chi connectivity index (χ4n) is 3.30. The van der Waals surface area contributed by atoms with Gasteiger partial charge in [0.05, 0.1) is 10.9 Å². The fraction of sp³-hybridized carbons (Fsp3) is 0.625. The van der Waals surface area contributed by atoms with Crippen molar-refractivity contribution in [3.63, 3.8) is 0 Å². The molecule has 0 aromatic carbocycles. The van der Waals surface area contributed by atoms with Gasteiger partial charge in [-0.15, -0.1) is 23.1 Å². The van der Waals surface area contributed by atoms with E-state index in [0.29, 0.717) is 18.1 Å². The van der Waals surface area contributed by atoms with E-state index in [1.165, 1.54) is 4.88 Å². The van der Waals surface area contributed by atoms with Crippen molar-refractivity contribution in [1.29, 1.82) is 0 Å². The summed E-state index contributed by atoms with van der Waals surface area (Å²) in [6.45, 7) is 6.30. The normalized spacial score (nSPS) is 29.0. The molecule has 4 nitrogen and oxygen atoms in total. The highest BCUT2D eigenvalue weighted by Crippen LogP contribution is 2.47. The number of thioether (sulfide) groups is 1.